The monoisotopic (exact) mass is 477 g/mol. The van der Waals surface area contributed by atoms with Crippen molar-refractivity contribution < 1.29 is 18.8 Å². The van der Waals surface area contributed by atoms with Gasteiger partial charge < -0.3 is 19.9 Å². The van der Waals surface area contributed by atoms with E-state index in [0.717, 1.165) is 5.56 Å². The second-order valence-electron chi connectivity index (χ2n) is 7.15. The zero-order valence-electron chi connectivity index (χ0n) is 18.1. The lowest BCUT2D eigenvalue weighted by Gasteiger charge is -2.13. The molecule has 0 aliphatic rings. The van der Waals surface area contributed by atoms with Crippen LogP contribution in [0, 0.1) is 0 Å². The summed E-state index contributed by atoms with van der Waals surface area (Å²) in [5.41, 5.74) is 2.03. The molecule has 172 valence electrons. The highest BCUT2D eigenvalue weighted by Gasteiger charge is 2.15. The van der Waals surface area contributed by atoms with Crippen LogP contribution in [0.4, 0.5) is 11.4 Å². The third-order valence-corrected chi connectivity index (χ3v) is 5.14. The van der Waals surface area contributed by atoms with Gasteiger partial charge in [0.2, 0.25) is 17.6 Å². The van der Waals surface area contributed by atoms with E-state index in [1.54, 1.807) is 60.9 Å². The van der Waals surface area contributed by atoms with Gasteiger partial charge in [-0.2, -0.15) is 4.98 Å². The first-order valence-corrected chi connectivity index (χ1v) is 10.7. The Morgan fingerprint density at radius 2 is 1.94 bits per heavy atom. The number of amides is 2. The fourth-order valence-corrected chi connectivity index (χ4v) is 3.34. The lowest BCUT2D eigenvalue weighted by atomic mass is 10.2. The number of methoxy groups -OCH3 is 1. The van der Waals surface area contributed by atoms with Crippen LogP contribution in [0.2, 0.25) is 5.02 Å². The van der Waals surface area contributed by atoms with Crippen LogP contribution in [0.1, 0.15) is 22.7 Å². The number of nitrogens with zero attached hydrogens (tertiary/aromatic N) is 3. The van der Waals surface area contributed by atoms with Gasteiger partial charge in [0.1, 0.15) is 5.75 Å². The summed E-state index contributed by atoms with van der Waals surface area (Å²) in [6, 6.07) is 15.3. The smallest absolute Gasteiger partial charge is 0.257 e. The number of halogens is 1. The Morgan fingerprint density at radius 1 is 1.09 bits per heavy atom. The fourth-order valence-electron chi connectivity index (χ4n) is 3.12. The molecule has 0 aliphatic heterocycles. The number of anilines is 2. The summed E-state index contributed by atoms with van der Waals surface area (Å²) in [5, 5.41) is 9.82. The van der Waals surface area contributed by atoms with Gasteiger partial charge in [0, 0.05) is 42.6 Å². The van der Waals surface area contributed by atoms with E-state index in [-0.39, 0.29) is 24.7 Å². The first-order valence-electron chi connectivity index (χ1n) is 10.3. The van der Waals surface area contributed by atoms with Crippen molar-refractivity contribution in [2.24, 2.45) is 0 Å². The van der Waals surface area contributed by atoms with E-state index in [2.05, 4.69) is 25.8 Å². The minimum atomic E-state index is -0.370. The summed E-state index contributed by atoms with van der Waals surface area (Å²) >= 11 is 6.09. The molecular formula is C24H20ClN5O4. The van der Waals surface area contributed by atoms with Gasteiger partial charge in [-0.25, -0.2) is 0 Å². The van der Waals surface area contributed by atoms with Crippen LogP contribution < -0.4 is 15.4 Å². The number of hydrogen-bond donors (Lipinski definition) is 2. The highest BCUT2D eigenvalue weighted by molar-refractivity contribution is 6.34. The Hall–Kier alpha value is -4.24. The summed E-state index contributed by atoms with van der Waals surface area (Å²) in [5.74, 6) is 0.546. The molecule has 0 spiro atoms. The van der Waals surface area contributed by atoms with E-state index in [0.29, 0.717) is 39.4 Å². The molecule has 10 heteroatoms. The van der Waals surface area contributed by atoms with Crippen LogP contribution >= 0.6 is 11.6 Å². The van der Waals surface area contributed by atoms with Crippen LogP contribution in [0.5, 0.6) is 5.75 Å². The lowest BCUT2D eigenvalue weighted by molar-refractivity contribution is -0.116. The summed E-state index contributed by atoms with van der Waals surface area (Å²) in [6.07, 6.45) is 3.71. The Kier molecular flexibility index (Phi) is 7.14. The number of ether oxygens (including phenoxy) is 1. The number of nitrogens with one attached hydrogen (secondary N) is 2. The molecule has 0 saturated carbocycles. The van der Waals surface area contributed by atoms with Gasteiger partial charge in [-0.1, -0.05) is 28.9 Å². The molecule has 0 radical (unpaired) electrons. The highest BCUT2D eigenvalue weighted by atomic mass is 35.5. The van der Waals surface area contributed by atoms with E-state index in [9.17, 15) is 9.59 Å². The number of aryl methyl sites for hydroxylation is 1. The third kappa shape index (κ3) is 5.57. The quantitative estimate of drug-likeness (QED) is 0.380. The largest absolute Gasteiger partial charge is 0.494 e. The maximum atomic E-state index is 12.5. The maximum Gasteiger partial charge on any atom is 0.257 e. The van der Waals surface area contributed by atoms with Crippen molar-refractivity contribution in [2.75, 3.05) is 17.7 Å². The molecule has 2 aromatic carbocycles. The van der Waals surface area contributed by atoms with Crippen molar-refractivity contribution in [1.29, 1.82) is 0 Å². The van der Waals surface area contributed by atoms with Crippen LogP contribution in [-0.2, 0) is 11.2 Å². The SMILES string of the molecule is COc1cc(NC(=O)CCc2nc(-c3cccnc3)no2)ccc1NC(=O)c1ccccc1Cl. The van der Waals surface area contributed by atoms with Gasteiger partial charge in [-0.15, -0.1) is 0 Å². The summed E-state index contributed by atoms with van der Waals surface area (Å²) in [7, 11) is 1.47. The van der Waals surface area contributed by atoms with Gasteiger partial charge in [-0.05, 0) is 36.4 Å². The van der Waals surface area contributed by atoms with Gasteiger partial charge >= 0.3 is 0 Å². The normalized spacial score (nSPS) is 10.5. The Bertz CT molecular complexity index is 1310. The number of aromatic nitrogens is 3. The molecule has 4 aromatic rings. The molecule has 0 bridgehead atoms. The molecule has 2 heterocycles. The standard InChI is InChI=1S/C24H20ClN5O4/c1-33-20-13-16(8-9-19(20)28-24(32)17-6-2-3-7-18(17)25)27-21(31)10-11-22-29-23(30-34-22)15-5-4-12-26-14-15/h2-9,12-14H,10-11H2,1H3,(H,27,31)(H,28,32). The Balaban J connectivity index is 1.35. The average molecular weight is 478 g/mol. The topological polar surface area (TPSA) is 119 Å². The van der Waals surface area contributed by atoms with Crippen molar-refractivity contribution in [3.8, 4) is 17.1 Å². The molecule has 9 nitrogen and oxygen atoms in total. The van der Waals surface area contributed by atoms with E-state index < -0.39 is 0 Å². The summed E-state index contributed by atoms with van der Waals surface area (Å²) < 4.78 is 10.6. The lowest BCUT2D eigenvalue weighted by Crippen LogP contribution is -2.14. The van der Waals surface area contributed by atoms with Crippen LogP contribution in [0.15, 0.2) is 71.5 Å². The van der Waals surface area contributed by atoms with Crippen molar-refractivity contribution in [3.05, 3.63) is 83.5 Å². The molecular weight excluding hydrogens is 458 g/mol. The number of pyridine rings is 1. The molecule has 0 saturated heterocycles. The second kappa shape index (κ2) is 10.6. The minimum absolute atomic E-state index is 0.141. The molecule has 2 N–H and O–H groups in total. The average Bonchev–Trinajstić information content (AvgIpc) is 3.33. The molecule has 0 aliphatic carbocycles. The molecule has 0 unspecified atom stereocenters. The first-order chi connectivity index (χ1) is 16.5. The number of carbonyl (C=O) groups is 2. The second-order valence-corrected chi connectivity index (χ2v) is 7.56. The predicted octanol–water partition coefficient (Wildman–Crippen LogP) is 4.62. The van der Waals surface area contributed by atoms with Crippen LogP contribution in [0.25, 0.3) is 11.4 Å². The van der Waals surface area contributed by atoms with Crippen molar-refractivity contribution in [1.82, 2.24) is 15.1 Å². The number of carbonyl (C=O) groups excluding carboxylic acids is 2. The van der Waals surface area contributed by atoms with E-state index in [4.69, 9.17) is 20.9 Å². The minimum Gasteiger partial charge on any atom is -0.494 e. The molecule has 2 amide bonds. The zero-order valence-corrected chi connectivity index (χ0v) is 18.9. The maximum absolute atomic E-state index is 12.5. The van der Waals surface area contributed by atoms with Gasteiger partial charge in [0.15, 0.2) is 0 Å². The zero-order chi connectivity index (χ0) is 23.9. The van der Waals surface area contributed by atoms with Crippen LogP contribution in [0.3, 0.4) is 0 Å². The van der Waals surface area contributed by atoms with Crippen molar-refractivity contribution >= 4 is 34.8 Å². The van der Waals surface area contributed by atoms with Crippen molar-refractivity contribution in [2.45, 2.75) is 12.8 Å². The number of rotatable bonds is 8. The van der Waals surface area contributed by atoms with E-state index in [1.165, 1.54) is 7.11 Å². The molecule has 34 heavy (non-hydrogen) atoms. The molecule has 0 atom stereocenters. The van der Waals surface area contributed by atoms with Crippen LogP contribution in [-0.4, -0.2) is 34.0 Å². The van der Waals surface area contributed by atoms with Gasteiger partial charge in [0.05, 0.1) is 23.4 Å². The van der Waals surface area contributed by atoms with E-state index >= 15 is 0 Å². The Labute approximate surface area is 200 Å². The third-order valence-electron chi connectivity index (χ3n) is 4.81. The molecule has 0 fully saturated rings. The van der Waals surface area contributed by atoms with Crippen molar-refractivity contribution in [3.63, 3.8) is 0 Å². The number of benzene rings is 2. The highest BCUT2D eigenvalue weighted by Crippen LogP contribution is 2.29. The van der Waals surface area contributed by atoms with Gasteiger partial charge in [0.25, 0.3) is 5.91 Å². The number of hydrogen-bond acceptors (Lipinski definition) is 7. The predicted molar refractivity (Wildman–Crippen MR) is 127 cm³/mol. The Morgan fingerprint density at radius 3 is 2.71 bits per heavy atom. The van der Waals surface area contributed by atoms with Gasteiger partial charge in [-0.3, -0.25) is 14.6 Å². The summed E-state index contributed by atoms with van der Waals surface area (Å²) in [4.78, 5) is 33.3. The molecule has 2 aromatic heterocycles. The summed E-state index contributed by atoms with van der Waals surface area (Å²) in [6.45, 7) is 0. The first kappa shape index (κ1) is 22.9. The fraction of sp³-hybridized carbons (Fsp3) is 0.125. The molecule has 4 rings (SSSR count). The van der Waals surface area contributed by atoms with E-state index in [1.807, 2.05) is 6.07 Å².